The van der Waals surface area contributed by atoms with Crippen molar-refractivity contribution in [2.24, 2.45) is 0 Å². The smallest absolute Gasteiger partial charge is 0.219 e. The number of rotatable bonds is 9. The van der Waals surface area contributed by atoms with Crippen molar-refractivity contribution in [1.82, 2.24) is 24.5 Å². The van der Waals surface area contributed by atoms with Crippen LogP contribution in [0.1, 0.15) is 40.0 Å². The number of benzene rings is 2. The summed E-state index contributed by atoms with van der Waals surface area (Å²) < 4.78 is 33.3. The maximum Gasteiger partial charge on any atom is 0.219 e. The second kappa shape index (κ2) is 11.8. The number of halogens is 1. The van der Waals surface area contributed by atoms with Crippen molar-refractivity contribution in [1.29, 1.82) is 0 Å². The number of carbonyl (C=O) groups is 1. The molecule has 10 nitrogen and oxygen atoms in total. The summed E-state index contributed by atoms with van der Waals surface area (Å²) in [4.78, 5) is 21.0. The third-order valence-electron chi connectivity index (χ3n) is 7.21. The average molecular weight is 588 g/mol. The summed E-state index contributed by atoms with van der Waals surface area (Å²) in [5.74, 6) is -0.279. The van der Waals surface area contributed by atoms with Crippen LogP contribution in [0.2, 0.25) is 0 Å². The molecule has 0 spiro atoms. The fourth-order valence-corrected chi connectivity index (χ4v) is 5.61. The van der Waals surface area contributed by atoms with Gasteiger partial charge in [0, 0.05) is 48.4 Å². The monoisotopic (exact) mass is 587 g/mol. The van der Waals surface area contributed by atoms with Crippen molar-refractivity contribution in [3.8, 4) is 17.3 Å². The van der Waals surface area contributed by atoms with Crippen LogP contribution in [0.5, 0.6) is 11.6 Å². The quantitative estimate of drug-likeness (QED) is 0.124. The largest absolute Gasteiger partial charge is 0.436 e. The fraction of sp³-hybridized carbons (Fsp3) is 0.233. The van der Waals surface area contributed by atoms with Crippen LogP contribution >= 0.6 is 12.1 Å². The number of aromatic nitrogens is 4. The van der Waals surface area contributed by atoms with Gasteiger partial charge in [-0.3, -0.25) is 4.79 Å². The van der Waals surface area contributed by atoms with Gasteiger partial charge in [0.1, 0.15) is 5.82 Å². The normalized spacial score (nSPS) is 13.9. The minimum atomic E-state index is -0.485. The van der Waals surface area contributed by atoms with Crippen molar-refractivity contribution in [3.63, 3.8) is 0 Å². The van der Waals surface area contributed by atoms with Gasteiger partial charge in [-0.15, -0.1) is 0 Å². The second-order valence-corrected chi connectivity index (χ2v) is 10.8. The van der Waals surface area contributed by atoms with E-state index < -0.39 is 5.82 Å². The van der Waals surface area contributed by atoms with Gasteiger partial charge in [0.15, 0.2) is 11.6 Å². The van der Waals surface area contributed by atoms with Gasteiger partial charge in [-0.2, -0.15) is 5.10 Å². The molecule has 1 aliphatic rings. The molecule has 12 heteroatoms. The number of ether oxygens (including phenoxy) is 2. The van der Waals surface area contributed by atoms with Gasteiger partial charge in [0.25, 0.3) is 0 Å². The SMILES string of the molecule is Cc1cc2cc(C(=O)c3cnn(-c4cnc(Oc5ccccc5F)cc4C)c3N)[nH]c2cc1NSNC1CCOCC1. The Labute approximate surface area is 246 Å². The summed E-state index contributed by atoms with van der Waals surface area (Å²) in [6, 6.07) is 14.0. The van der Waals surface area contributed by atoms with E-state index in [4.69, 9.17) is 15.2 Å². The van der Waals surface area contributed by atoms with Crippen LogP contribution in [-0.4, -0.2) is 44.8 Å². The van der Waals surface area contributed by atoms with Crippen LogP contribution in [0, 0.1) is 19.7 Å². The fourth-order valence-electron chi connectivity index (χ4n) is 4.82. The first kappa shape index (κ1) is 27.8. The number of carbonyl (C=O) groups excluding carboxylic acids is 1. The molecule has 5 aromatic rings. The maximum atomic E-state index is 14.0. The van der Waals surface area contributed by atoms with Crippen LogP contribution in [0.15, 0.2) is 60.9 Å². The Bertz CT molecular complexity index is 1760. The van der Waals surface area contributed by atoms with Crippen molar-refractivity contribution in [2.75, 3.05) is 23.7 Å². The summed E-state index contributed by atoms with van der Waals surface area (Å²) in [6.45, 7) is 5.41. The third-order valence-corrected chi connectivity index (χ3v) is 7.98. The number of nitrogen functional groups attached to an aromatic ring is 1. The molecule has 2 aromatic carbocycles. The lowest BCUT2D eigenvalue weighted by atomic mass is 10.1. The van der Waals surface area contributed by atoms with E-state index in [1.807, 2.05) is 32.0 Å². The number of nitrogens with zero attached hydrogens (tertiary/aromatic N) is 3. The topological polar surface area (TPSA) is 132 Å². The van der Waals surface area contributed by atoms with E-state index >= 15 is 0 Å². The van der Waals surface area contributed by atoms with Gasteiger partial charge in [-0.1, -0.05) is 12.1 Å². The lowest BCUT2D eigenvalue weighted by molar-refractivity contribution is 0.0838. The second-order valence-electron chi connectivity index (χ2n) is 10.2. The molecule has 0 unspecified atom stereocenters. The molecule has 1 fully saturated rings. The predicted octanol–water partition coefficient (Wildman–Crippen LogP) is 5.85. The number of pyridine rings is 1. The Morgan fingerprint density at radius 2 is 1.95 bits per heavy atom. The predicted molar refractivity (Wildman–Crippen MR) is 162 cm³/mol. The first-order valence-corrected chi connectivity index (χ1v) is 14.3. The molecule has 0 atom stereocenters. The highest BCUT2D eigenvalue weighted by atomic mass is 32.2. The van der Waals surface area contributed by atoms with Gasteiger partial charge in [-0.05, 0) is 68.1 Å². The highest BCUT2D eigenvalue weighted by Crippen LogP contribution is 2.29. The lowest BCUT2D eigenvalue weighted by Gasteiger charge is -2.22. The number of ketones is 1. The highest BCUT2D eigenvalue weighted by Gasteiger charge is 2.21. The van der Waals surface area contributed by atoms with E-state index in [9.17, 15) is 9.18 Å². The van der Waals surface area contributed by atoms with Gasteiger partial charge in [0.2, 0.25) is 11.7 Å². The van der Waals surface area contributed by atoms with E-state index in [2.05, 4.69) is 24.5 Å². The Kier molecular flexibility index (Phi) is 7.83. The number of anilines is 2. The van der Waals surface area contributed by atoms with E-state index in [1.54, 1.807) is 18.2 Å². The number of hydrogen-bond donors (Lipinski definition) is 4. The molecular weight excluding hydrogens is 557 g/mol. The van der Waals surface area contributed by atoms with E-state index in [0.29, 0.717) is 17.4 Å². The van der Waals surface area contributed by atoms with Crippen molar-refractivity contribution < 1.29 is 18.7 Å². The Morgan fingerprint density at radius 1 is 1.14 bits per heavy atom. The van der Waals surface area contributed by atoms with Gasteiger partial charge in [-0.25, -0.2) is 18.8 Å². The molecule has 5 N–H and O–H groups in total. The molecule has 0 bridgehead atoms. The molecule has 3 aromatic heterocycles. The lowest BCUT2D eigenvalue weighted by Crippen LogP contribution is -2.31. The molecule has 0 aliphatic carbocycles. The zero-order valence-corrected chi connectivity index (χ0v) is 23.9. The standard InChI is InChI=1S/C30H30FN7O3S/c1-17-11-19-13-25(35-24(19)14-23(17)37-42-36-20-7-9-40-10-8-20)29(39)21-15-34-38(30(21)32)26-16-33-28(12-18(26)2)41-27-6-4-3-5-22(27)31/h3-6,11-16,20,35-37H,7-10,32H2,1-2H3. The Balaban J connectivity index is 1.18. The van der Waals surface area contributed by atoms with E-state index in [0.717, 1.165) is 53.8 Å². The summed E-state index contributed by atoms with van der Waals surface area (Å²) >= 11 is 1.46. The van der Waals surface area contributed by atoms with Crippen LogP contribution < -0.4 is 19.9 Å². The van der Waals surface area contributed by atoms with Crippen LogP contribution in [-0.2, 0) is 4.74 Å². The molecule has 6 rings (SSSR count). The van der Waals surface area contributed by atoms with Gasteiger partial charge in [0.05, 0.1) is 35.0 Å². The number of nitrogens with one attached hydrogen (secondary N) is 3. The summed E-state index contributed by atoms with van der Waals surface area (Å²) in [5, 5.41) is 5.28. The van der Waals surface area contributed by atoms with Crippen molar-refractivity contribution >= 4 is 40.3 Å². The first-order chi connectivity index (χ1) is 20.4. The third kappa shape index (κ3) is 5.69. The molecule has 0 radical (unpaired) electrons. The Morgan fingerprint density at radius 3 is 2.74 bits per heavy atom. The average Bonchev–Trinajstić information content (AvgIpc) is 3.57. The molecule has 0 saturated carbocycles. The molecule has 42 heavy (non-hydrogen) atoms. The van der Waals surface area contributed by atoms with Gasteiger partial charge >= 0.3 is 0 Å². The number of aryl methyl sites for hydroxylation is 2. The first-order valence-electron chi connectivity index (χ1n) is 13.5. The zero-order chi connectivity index (χ0) is 29.2. The molecule has 1 aliphatic heterocycles. The van der Waals surface area contributed by atoms with Gasteiger partial charge < -0.3 is 24.9 Å². The van der Waals surface area contributed by atoms with Crippen LogP contribution in [0.4, 0.5) is 15.9 Å². The van der Waals surface area contributed by atoms with E-state index in [-0.39, 0.29) is 28.8 Å². The zero-order valence-electron chi connectivity index (χ0n) is 23.1. The Hall–Kier alpha value is -4.39. The molecule has 0 amide bonds. The summed E-state index contributed by atoms with van der Waals surface area (Å²) in [7, 11) is 0. The van der Waals surface area contributed by atoms with Crippen molar-refractivity contribution in [3.05, 3.63) is 89.1 Å². The summed E-state index contributed by atoms with van der Waals surface area (Å²) in [5.41, 5.74) is 11.2. The molecule has 216 valence electrons. The number of hydrogen-bond acceptors (Lipinski definition) is 9. The maximum absolute atomic E-state index is 14.0. The summed E-state index contributed by atoms with van der Waals surface area (Å²) in [6.07, 6.45) is 4.95. The molecule has 4 heterocycles. The number of aromatic amines is 1. The molecule has 1 saturated heterocycles. The number of H-pyrrole nitrogens is 1. The number of nitrogens with two attached hydrogens (primary N) is 1. The number of fused-ring (bicyclic) bond motifs is 1. The van der Waals surface area contributed by atoms with Crippen molar-refractivity contribution in [2.45, 2.75) is 32.7 Å². The van der Waals surface area contributed by atoms with Crippen LogP contribution in [0.25, 0.3) is 16.6 Å². The minimum Gasteiger partial charge on any atom is -0.436 e. The van der Waals surface area contributed by atoms with E-state index in [1.165, 1.54) is 41.3 Å². The number of para-hydroxylation sites is 1. The van der Waals surface area contributed by atoms with Crippen LogP contribution in [0.3, 0.4) is 0 Å². The molecular formula is C30H30FN7O3S. The highest BCUT2D eigenvalue weighted by molar-refractivity contribution is 7.98. The minimum absolute atomic E-state index is 0.0745.